The van der Waals surface area contributed by atoms with Crippen LogP contribution in [0.1, 0.15) is 5.56 Å². The van der Waals surface area contributed by atoms with Gasteiger partial charge in [0.25, 0.3) is 0 Å². The van der Waals surface area contributed by atoms with Gasteiger partial charge in [0.1, 0.15) is 0 Å². The van der Waals surface area contributed by atoms with E-state index in [0.717, 1.165) is 11.4 Å². The van der Waals surface area contributed by atoms with E-state index in [9.17, 15) is 0 Å². The van der Waals surface area contributed by atoms with Crippen molar-refractivity contribution in [1.82, 2.24) is 0 Å². The van der Waals surface area contributed by atoms with E-state index in [1.807, 2.05) is 0 Å². The monoisotopic (exact) mass is 694 g/mol. The van der Waals surface area contributed by atoms with Crippen LogP contribution in [0.3, 0.4) is 0 Å². The molecule has 0 aliphatic carbocycles. The van der Waals surface area contributed by atoms with Crippen molar-refractivity contribution in [2.45, 2.75) is 46.2 Å². The number of para-hydroxylation sites is 2. The molecule has 4 heteroatoms. The van der Waals surface area contributed by atoms with Crippen LogP contribution in [0, 0.1) is 6.92 Å². The second-order valence-corrected chi connectivity index (χ2v) is 26.1. The van der Waals surface area contributed by atoms with Gasteiger partial charge in [-0.2, -0.15) is 0 Å². The number of rotatable bonds is 8. The van der Waals surface area contributed by atoms with Gasteiger partial charge in [-0.1, -0.05) is 141 Å². The SMILES string of the molecule is Cc1cc(N(c2ccccc2)c2ccc([Si](C)(C)C)cc2)c2ccc3ccc(N(c4ccccc4)c4ccc([Si](C)(C)C)cc4)c4ccc1c2c34. The summed E-state index contributed by atoms with van der Waals surface area (Å²) in [5.41, 5.74) is 8.33. The van der Waals surface area contributed by atoms with Crippen LogP contribution in [0.15, 0.2) is 152 Å². The fraction of sp³-hybridized carbons (Fsp3) is 0.149. The molecule has 0 N–H and O–H groups in total. The molecular formula is C47H46N2Si2. The van der Waals surface area contributed by atoms with Crippen molar-refractivity contribution in [3.05, 3.63) is 157 Å². The van der Waals surface area contributed by atoms with Gasteiger partial charge >= 0.3 is 0 Å². The van der Waals surface area contributed by atoms with Crippen molar-refractivity contribution in [2.75, 3.05) is 9.80 Å². The highest BCUT2D eigenvalue weighted by atomic mass is 28.3. The van der Waals surface area contributed by atoms with Crippen molar-refractivity contribution in [3.8, 4) is 0 Å². The molecule has 0 bridgehead atoms. The first-order valence-electron chi connectivity index (χ1n) is 18.1. The van der Waals surface area contributed by atoms with Gasteiger partial charge in [0.05, 0.1) is 27.5 Å². The predicted molar refractivity (Wildman–Crippen MR) is 230 cm³/mol. The second kappa shape index (κ2) is 12.6. The van der Waals surface area contributed by atoms with Gasteiger partial charge < -0.3 is 9.80 Å². The van der Waals surface area contributed by atoms with E-state index >= 15 is 0 Å². The minimum atomic E-state index is -1.44. The van der Waals surface area contributed by atoms with E-state index in [4.69, 9.17) is 0 Å². The van der Waals surface area contributed by atoms with Crippen LogP contribution in [0.25, 0.3) is 32.3 Å². The van der Waals surface area contributed by atoms with E-state index in [2.05, 4.69) is 208 Å². The molecule has 8 aromatic carbocycles. The smallest absolute Gasteiger partial charge is 0.0775 e. The molecule has 0 spiro atoms. The van der Waals surface area contributed by atoms with Crippen molar-refractivity contribution in [2.24, 2.45) is 0 Å². The third-order valence-corrected chi connectivity index (χ3v) is 14.6. The minimum absolute atomic E-state index is 1.15. The lowest BCUT2D eigenvalue weighted by Crippen LogP contribution is -2.37. The van der Waals surface area contributed by atoms with Gasteiger partial charge in [-0.3, -0.25) is 0 Å². The fourth-order valence-electron chi connectivity index (χ4n) is 7.65. The lowest BCUT2D eigenvalue weighted by Gasteiger charge is -2.30. The Morgan fingerprint density at radius 1 is 0.373 bits per heavy atom. The lowest BCUT2D eigenvalue weighted by atomic mass is 9.89. The molecule has 0 aliphatic heterocycles. The minimum Gasteiger partial charge on any atom is -0.310 e. The zero-order valence-electron chi connectivity index (χ0n) is 30.8. The maximum absolute atomic E-state index is 2.45. The number of aryl methyl sites for hydroxylation is 1. The molecule has 0 heterocycles. The average Bonchev–Trinajstić information content (AvgIpc) is 3.13. The molecule has 8 aromatic rings. The van der Waals surface area contributed by atoms with E-state index in [0.29, 0.717) is 0 Å². The van der Waals surface area contributed by atoms with Gasteiger partial charge in [0.15, 0.2) is 0 Å². The lowest BCUT2D eigenvalue weighted by molar-refractivity contribution is 1.29. The van der Waals surface area contributed by atoms with Gasteiger partial charge in [0, 0.05) is 33.5 Å². The van der Waals surface area contributed by atoms with Crippen LogP contribution in [-0.4, -0.2) is 16.1 Å². The van der Waals surface area contributed by atoms with Crippen molar-refractivity contribution in [1.29, 1.82) is 0 Å². The van der Waals surface area contributed by atoms with Crippen LogP contribution < -0.4 is 20.2 Å². The number of hydrogen-bond donors (Lipinski definition) is 0. The quantitative estimate of drug-likeness (QED) is 0.115. The zero-order valence-corrected chi connectivity index (χ0v) is 32.8. The van der Waals surface area contributed by atoms with Gasteiger partial charge in [-0.05, 0) is 94.7 Å². The molecule has 51 heavy (non-hydrogen) atoms. The third-order valence-electron chi connectivity index (χ3n) is 10.4. The Morgan fingerprint density at radius 2 is 0.784 bits per heavy atom. The van der Waals surface area contributed by atoms with Gasteiger partial charge in [0.2, 0.25) is 0 Å². The summed E-state index contributed by atoms with van der Waals surface area (Å²) in [7, 11) is -2.88. The summed E-state index contributed by atoms with van der Waals surface area (Å²) in [4.78, 5) is 4.88. The second-order valence-electron chi connectivity index (χ2n) is 16.0. The Kier molecular flexibility index (Phi) is 8.12. The topological polar surface area (TPSA) is 6.48 Å². The Labute approximate surface area is 305 Å². The van der Waals surface area contributed by atoms with E-state index in [1.165, 1.54) is 71.0 Å². The summed E-state index contributed by atoms with van der Waals surface area (Å²) in [6.07, 6.45) is 0. The highest BCUT2D eigenvalue weighted by Gasteiger charge is 2.24. The molecule has 0 aromatic heterocycles. The highest BCUT2D eigenvalue weighted by molar-refractivity contribution is 6.89. The maximum atomic E-state index is 2.45. The number of nitrogens with zero attached hydrogens (tertiary/aromatic N) is 2. The first-order chi connectivity index (χ1) is 24.5. The number of hydrogen-bond acceptors (Lipinski definition) is 2. The van der Waals surface area contributed by atoms with Crippen LogP contribution in [0.2, 0.25) is 39.3 Å². The van der Waals surface area contributed by atoms with Crippen LogP contribution in [-0.2, 0) is 0 Å². The first kappa shape index (κ1) is 33.0. The Hall–Kier alpha value is -5.17. The normalized spacial score (nSPS) is 12.2. The average molecular weight is 695 g/mol. The molecule has 0 fully saturated rings. The Bertz CT molecular complexity index is 2480. The maximum Gasteiger partial charge on any atom is 0.0775 e. The van der Waals surface area contributed by atoms with Crippen molar-refractivity contribution >= 4 is 93.0 Å². The molecule has 0 unspecified atom stereocenters. The fourth-order valence-corrected chi connectivity index (χ4v) is 9.98. The molecule has 0 saturated heterocycles. The summed E-state index contributed by atoms with van der Waals surface area (Å²) >= 11 is 0. The standard InChI is InChI=1S/C47H46N2Si2/c1-33-32-45(49(36-16-12-9-13-17-36)38-22-26-40(27-23-38)51(5,6)7)43-28-18-34-19-31-44(42-30-29-41(33)47(43)46(34)42)48(35-14-10-8-11-15-35)37-20-24-39(25-21-37)50(2,3)4/h8-32H,1-7H3. The molecule has 0 radical (unpaired) electrons. The molecular weight excluding hydrogens is 649 g/mol. The van der Waals surface area contributed by atoms with Crippen LogP contribution in [0.4, 0.5) is 34.1 Å². The summed E-state index contributed by atoms with van der Waals surface area (Å²) in [5, 5.41) is 10.7. The molecule has 0 saturated carbocycles. The van der Waals surface area contributed by atoms with Gasteiger partial charge in [-0.15, -0.1) is 0 Å². The summed E-state index contributed by atoms with van der Waals surface area (Å²) in [6, 6.07) is 56.7. The summed E-state index contributed by atoms with van der Waals surface area (Å²) in [6.45, 7) is 16.7. The van der Waals surface area contributed by atoms with Crippen LogP contribution in [0.5, 0.6) is 0 Å². The molecule has 0 amide bonds. The predicted octanol–water partition coefficient (Wildman–Crippen LogP) is 12.9. The van der Waals surface area contributed by atoms with Crippen molar-refractivity contribution < 1.29 is 0 Å². The van der Waals surface area contributed by atoms with Crippen molar-refractivity contribution in [3.63, 3.8) is 0 Å². The number of anilines is 6. The zero-order chi connectivity index (χ0) is 35.5. The highest BCUT2D eigenvalue weighted by Crippen LogP contribution is 2.48. The van der Waals surface area contributed by atoms with E-state index in [1.54, 1.807) is 0 Å². The number of benzene rings is 8. The summed E-state index contributed by atoms with van der Waals surface area (Å²) in [5.74, 6) is 0. The Balaban J connectivity index is 1.38. The Morgan fingerprint density at radius 3 is 1.29 bits per heavy atom. The molecule has 252 valence electrons. The molecule has 8 rings (SSSR count). The molecule has 0 atom stereocenters. The van der Waals surface area contributed by atoms with E-state index < -0.39 is 16.1 Å². The first-order valence-corrected chi connectivity index (χ1v) is 25.1. The van der Waals surface area contributed by atoms with Gasteiger partial charge in [-0.25, -0.2) is 0 Å². The van der Waals surface area contributed by atoms with Crippen LogP contribution >= 0.6 is 0 Å². The largest absolute Gasteiger partial charge is 0.310 e. The van der Waals surface area contributed by atoms with E-state index in [-0.39, 0.29) is 0 Å². The molecule has 0 aliphatic rings. The summed E-state index contributed by atoms with van der Waals surface area (Å²) < 4.78 is 0. The third kappa shape index (κ3) is 5.92. The molecule has 2 nitrogen and oxygen atoms in total.